The van der Waals surface area contributed by atoms with Gasteiger partial charge in [0.15, 0.2) is 0 Å². The minimum absolute atomic E-state index is 0.318. The predicted molar refractivity (Wildman–Crippen MR) is 63.8 cm³/mol. The summed E-state index contributed by atoms with van der Waals surface area (Å²) < 4.78 is 0. The van der Waals surface area contributed by atoms with E-state index in [1.54, 1.807) is 0 Å². The van der Waals surface area contributed by atoms with Crippen molar-refractivity contribution in [2.75, 3.05) is 26.2 Å². The first-order valence-corrected chi connectivity index (χ1v) is 6.14. The summed E-state index contributed by atoms with van der Waals surface area (Å²) in [5.41, 5.74) is 5.89. The second-order valence-electron chi connectivity index (χ2n) is 5.54. The summed E-state index contributed by atoms with van der Waals surface area (Å²) in [4.78, 5) is 2.47. The van der Waals surface area contributed by atoms with E-state index < -0.39 is 0 Å². The highest BCUT2D eigenvalue weighted by Gasteiger charge is 2.22. The second kappa shape index (κ2) is 5.83. The van der Waals surface area contributed by atoms with Crippen LogP contribution in [0.4, 0.5) is 0 Å². The standard InChI is InChI=1S/C12H26N2O/c1-12(2)5-3-7-14(9-6-12)8-4-11(15)10-13/h11,15H,3-10,13H2,1-2H3. The van der Waals surface area contributed by atoms with E-state index in [4.69, 9.17) is 5.73 Å². The van der Waals surface area contributed by atoms with Crippen LogP contribution >= 0.6 is 0 Å². The number of hydrogen-bond donors (Lipinski definition) is 2. The fourth-order valence-corrected chi connectivity index (χ4v) is 2.15. The molecular weight excluding hydrogens is 188 g/mol. The van der Waals surface area contributed by atoms with Crippen LogP contribution in [0.3, 0.4) is 0 Å². The summed E-state index contributed by atoms with van der Waals surface area (Å²) >= 11 is 0. The molecule has 1 aliphatic rings. The normalized spacial score (nSPS) is 24.8. The Labute approximate surface area is 93.6 Å². The number of hydrogen-bond acceptors (Lipinski definition) is 3. The van der Waals surface area contributed by atoms with Crippen LogP contribution < -0.4 is 5.73 Å². The van der Waals surface area contributed by atoms with Crippen LogP contribution in [0.2, 0.25) is 0 Å². The first kappa shape index (κ1) is 12.9. The lowest BCUT2D eigenvalue weighted by Crippen LogP contribution is -2.31. The lowest BCUT2D eigenvalue weighted by atomic mass is 9.85. The van der Waals surface area contributed by atoms with Crippen molar-refractivity contribution in [3.8, 4) is 0 Å². The molecule has 1 heterocycles. The van der Waals surface area contributed by atoms with Crippen molar-refractivity contribution in [1.82, 2.24) is 4.90 Å². The van der Waals surface area contributed by atoms with Crippen molar-refractivity contribution in [3.05, 3.63) is 0 Å². The summed E-state index contributed by atoms with van der Waals surface area (Å²) in [5, 5.41) is 9.41. The third-order valence-electron chi connectivity index (χ3n) is 3.48. The lowest BCUT2D eigenvalue weighted by Gasteiger charge is -2.23. The lowest BCUT2D eigenvalue weighted by molar-refractivity contribution is 0.147. The summed E-state index contributed by atoms with van der Waals surface area (Å²) in [6.45, 7) is 8.44. The molecule has 0 aromatic heterocycles. The van der Waals surface area contributed by atoms with Gasteiger partial charge < -0.3 is 15.7 Å². The predicted octanol–water partition coefficient (Wildman–Crippen LogP) is 1.21. The molecule has 0 aromatic rings. The summed E-state index contributed by atoms with van der Waals surface area (Å²) in [6.07, 6.45) is 4.37. The SMILES string of the molecule is CC1(C)CCCN(CCC(O)CN)CC1. The van der Waals surface area contributed by atoms with Gasteiger partial charge in [0.05, 0.1) is 6.10 Å². The van der Waals surface area contributed by atoms with Crippen molar-refractivity contribution >= 4 is 0 Å². The molecule has 3 N–H and O–H groups in total. The number of aliphatic hydroxyl groups is 1. The Balaban J connectivity index is 2.26. The molecule has 0 aromatic carbocycles. The maximum Gasteiger partial charge on any atom is 0.0674 e. The zero-order valence-electron chi connectivity index (χ0n) is 10.2. The Kier molecular flexibility index (Phi) is 5.03. The highest BCUT2D eigenvalue weighted by Crippen LogP contribution is 2.29. The van der Waals surface area contributed by atoms with Crippen molar-refractivity contribution < 1.29 is 5.11 Å². The van der Waals surface area contributed by atoms with E-state index >= 15 is 0 Å². The van der Waals surface area contributed by atoms with E-state index in [1.165, 1.54) is 32.4 Å². The van der Waals surface area contributed by atoms with Crippen molar-refractivity contribution in [2.45, 2.75) is 45.6 Å². The fourth-order valence-electron chi connectivity index (χ4n) is 2.15. The van der Waals surface area contributed by atoms with E-state index in [-0.39, 0.29) is 6.10 Å². The van der Waals surface area contributed by atoms with Gasteiger partial charge in [-0.1, -0.05) is 13.8 Å². The van der Waals surface area contributed by atoms with E-state index in [0.29, 0.717) is 12.0 Å². The Hall–Kier alpha value is -0.120. The van der Waals surface area contributed by atoms with Crippen LogP contribution in [0.15, 0.2) is 0 Å². The molecule has 0 radical (unpaired) electrons. The molecule has 90 valence electrons. The fraction of sp³-hybridized carbons (Fsp3) is 1.00. The number of rotatable bonds is 4. The first-order valence-electron chi connectivity index (χ1n) is 6.14. The zero-order chi connectivity index (χ0) is 11.3. The van der Waals surface area contributed by atoms with Crippen molar-refractivity contribution in [1.29, 1.82) is 0 Å². The van der Waals surface area contributed by atoms with Crippen molar-refractivity contribution in [2.24, 2.45) is 11.1 Å². The third-order valence-corrected chi connectivity index (χ3v) is 3.48. The molecule has 3 heteroatoms. The molecule has 15 heavy (non-hydrogen) atoms. The number of aliphatic hydroxyl groups excluding tert-OH is 1. The second-order valence-corrected chi connectivity index (χ2v) is 5.54. The van der Waals surface area contributed by atoms with Gasteiger partial charge in [0.1, 0.15) is 0 Å². The van der Waals surface area contributed by atoms with Gasteiger partial charge in [-0.15, -0.1) is 0 Å². The molecule has 3 nitrogen and oxygen atoms in total. The number of nitrogens with two attached hydrogens (primary N) is 1. The monoisotopic (exact) mass is 214 g/mol. The number of likely N-dealkylation sites (tertiary alicyclic amines) is 1. The highest BCUT2D eigenvalue weighted by atomic mass is 16.3. The Morgan fingerprint density at radius 2 is 2.07 bits per heavy atom. The molecule has 0 saturated carbocycles. The highest BCUT2D eigenvalue weighted by molar-refractivity contribution is 4.76. The Morgan fingerprint density at radius 3 is 2.73 bits per heavy atom. The third kappa shape index (κ3) is 4.96. The molecule has 0 aliphatic carbocycles. The molecule has 1 atom stereocenters. The van der Waals surface area contributed by atoms with E-state index in [0.717, 1.165) is 13.0 Å². The van der Waals surface area contributed by atoms with Crippen molar-refractivity contribution in [3.63, 3.8) is 0 Å². The molecule has 0 amide bonds. The van der Waals surface area contributed by atoms with Gasteiger partial charge in [-0.05, 0) is 44.2 Å². The van der Waals surface area contributed by atoms with Gasteiger partial charge in [0, 0.05) is 13.1 Å². The molecule has 1 fully saturated rings. The van der Waals surface area contributed by atoms with E-state index in [2.05, 4.69) is 18.7 Å². The summed E-state index contributed by atoms with van der Waals surface area (Å²) in [7, 11) is 0. The van der Waals surface area contributed by atoms with Gasteiger partial charge in [-0.2, -0.15) is 0 Å². The van der Waals surface area contributed by atoms with Gasteiger partial charge in [0.25, 0.3) is 0 Å². The van der Waals surface area contributed by atoms with Crippen LogP contribution in [0.1, 0.15) is 39.5 Å². The minimum atomic E-state index is -0.318. The minimum Gasteiger partial charge on any atom is -0.392 e. The largest absolute Gasteiger partial charge is 0.392 e. The average molecular weight is 214 g/mol. The summed E-state index contributed by atoms with van der Waals surface area (Å²) in [5.74, 6) is 0. The zero-order valence-corrected chi connectivity index (χ0v) is 10.2. The maximum atomic E-state index is 9.41. The molecule has 0 bridgehead atoms. The van der Waals surface area contributed by atoms with E-state index in [9.17, 15) is 5.11 Å². The molecule has 1 rings (SSSR count). The Bertz CT molecular complexity index is 182. The molecule has 0 spiro atoms. The van der Waals surface area contributed by atoms with Crippen LogP contribution in [0.5, 0.6) is 0 Å². The van der Waals surface area contributed by atoms with Gasteiger partial charge >= 0.3 is 0 Å². The van der Waals surface area contributed by atoms with Crippen LogP contribution in [-0.2, 0) is 0 Å². The smallest absolute Gasteiger partial charge is 0.0674 e. The van der Waals surface area contributed by atoms with E-state index in [1.807, 2.05) is 0 Å². The topological polar surface area (TPSA) is 49.5 Å². The molecule has 1 unspecified atom stereocenters. The van der Waals surface area contributed by atoms with Crippen LogP contribution in [0.25, 0.3) is 0 Å². The quantitative estimate of drug-likeness (QED) is 0.739. The van der Waals surface area contributed by atoms with Gasteiger partial charge in [-0.3, -0.25) is 0 Å². The molecule has 1 saturated heterocycles. The van der Waals surface area contributed by atoms with Gasteiger partial charge in [-0.25, -0.2) is 0 Å². The average Bonchev–Trinajstić information content (AvgIpc) is 2.36. The number of nitrogens with zero attached hydrogens (tertiary/aromatic N) is 1. The maximum absolute atomic E-state index is 9.41. The van der Waals surface area contributed by atoms with Gasteiger partial charge in [0.2, 0.25) is 0 Å². The summed E-state index contributed by atoms with van der Waals surface area (Å²) in [6, 6.07) is 0. The Morgan fingerprint density at radius 1 is 1.33 bits per heavy atom. The molecule has 1 aliphatic heterocycles. The molecular formula is C12H26N2O. The van der Waals surface area contributed by atoms with Crippen LogP contribution in [-0.4, -0.2) is 42.3 Å². The van der Waals surface area contributed by atoms with Crippen LogP contribution in [0, 0.1) is 5.41 Å². The first-order chi connectivity index (χ1) is 7.03.